The van der Waals surface area contributed by atoms with E-state index < -0.39 is 91.0 Å². The molecule has 6 heterocycles. The van der Waals surface area contributed by atoms with E-state index in [-0.39, 0.29) is 171 Å². The maximum Gasteiger partial charge on any atom is 0.321 e. The molecule has 9 N–H and O–H groups in total. The lowest BCUT2D eigenvalue weighted by Crippen LogP contribution is -2.49. The van der Waals surface area contributed by atoms with Gasteiger partial charge < -0.3 is 55.8 Å². The summed E-state index contributed by atoms with van der Waals surface area (Å²) < 4.78 is 5.57. The molecule has 4 aliphatic rings. The van der Waals surface area contributed by atoms with Crippen molar-refractivity contribution in [1.29, 1.82) is 0 Å². The van der Waals surface area contributed by atoms with E-state index in [1.54, 1.807) is 21.9 Å². The number of amides is 5. The minimum atomic E-state index is -1.44. The van der Waals surface area contributed by atoms with Crippen molar-refractivity contribution >= 4 is 83.0 Å². The summed E-state index contributed by atoms with van der Waals surface area (Å²) in [5, 5.41) is 78.9. The number of carboxylic acid groups (broad SMARTS) is 8. The highest BCUT2D eigenvalue weighted by Crippen LogP contribution is 2.23. The third kappa shape index (κ3) is 22.6. The first-order valence-electron chi connectivity index (χ1n) is 28.3. The van der Waals surface area contributed by atoms with Crippen LogP contribution in [0.3, 0.4) is 0 Å². The molecule has 33 heteroatoms. The van der Waals surface area contributed by atoms with Crippen molar-refractivity contribution in [3.63, 3.8) is 0 Å². The van der Waals surface area contributed by atoms with E-state index in [9.17, 15) is 103 Å². The number of nitrogens with zero attached hydrogens (tertiary/aromatic N) is 10. The number of aromatic nitrogens is 2. The van der Waals surface area contributed by atoms with Gasteiger partial charge in [-0.3, -0.25) is 107 Å². The van der Waals surface area contributed by atoms with Crippen molar-refractivity contribution in [2.75, 3.05) is 104 Å². The third-order valence-electron chi connectivity index (χ3n) is 14.8. The van der Waals surface area contributed by atoms with E-state index >= 15 is 0 Å². The van der Waals surface area contributed by atoms with Crippen LogP contribution < -0.4 is 10.2 Å². The molecule has 2 fully saturated rings. The Morgan fingerprint density at radius 3 is 1.27 bits per heavy atom. The number of hydrogen-bond donors (Lipinski definition) is 9. The van der Waals surface area contributed by atoms with Gasteiger partial charge in [-0.05, 0) is 43.5 Å². The highest BCUT2D eigenvalue weighted by atomic mass is 16.5. The van der Waals surface area contributed by atoms with Gasteiger partial charge in [-0.1, -0.05) is 0 Å². The Bertz CT molecular complexity index is 2770. The molecule has 2 aromatic heterocycles. The number of anilines is 1. The van der Waals surface area contributed by atoms with E-state index in [2.05, 4.69) is 15.3 Å². The Hall–Kier alpha value is -8.63. The number of likely N-dealkylation sites (tertiary alicyclic amines) is 2. The number of unbranched alkanes of at least 4 members (excludes halogenated alkanes) is 1. The number of hydrogen-bond acceptors (Lipinski definition) is 22. The summed E-state index contributed by atoms with van der Waals surface area (Å²) >= 11 is 0. The number of imide groups is 2. The molecule has 0 saturated carbocycles. The van der Waals surface area contributed by atoms with Gasteiger partial charge in [-0.25, -0.2) is 0 Å². The Kier molecular flexibility index (Phi) is 27.1. The van der Waals surface area contributed by atoms with Crippen molar-refractivity contribution in [1.82, 2.24) is 49.6 Å². The number of carbonyl (C=O) groups excluding carboxylic acids is 5. The number of ether oxygens (including phenoxy) is 1. The van der Waals surface area contributed by atoms with Crippen molar-refractivity contribution in [2.24, 2.45) is 0 Å². The SMILES string of the molecule is CN(CCCCN1C(=O)CCC1=O)c1cc2nc(c1)CN(CC(=O)O)CCN(C(CC(=O)O)C(=O)O)CCN(CC(=O)O)C2.O=C(O)CC(C(=O)O)N1CCOCCN(C(CC(=O)O)C(=O)O)Cc2cc(C(=O)NCCCN3C(=O)CCC3=O)cc(n2)C1. The van der Waals surface area contributed by atoms with Gasteiger partial charge in [-0.2, -0.15) is 0 Å². The summed E-state index contributed by atoms with van der Waals surface area (Å²) in [7, 11) is 1.87. The lowest BCUT2D eigenvalue weighted by Gasteiger charge is -2.33. The number of carboxylic acids is 8. The molecule has 6 rings (SSSR count). The lowest BCUT2D eigenvalue weighted by atomic mass is 10.1. The number of carbonyl (C=O) groups is 13. The molecule has 88 heavy (non-hydrogen) atoms. The summed E-state index contributed by atoms with van der Waals surface area (Å²) in [6.45, 7) is 0.363. The Morgan fingerprint density at radius 1 is 0.500 bits per heavy atom. The second-order valence-electron chi connectivity index (χ2n) is 21.4. The standard InChI is InChI=1S/C28H40N6O10.C27H35N5O12/c1-30(6-2-3-7-34-23(35)4-5-24(34)36)21-12-19-15-31(17-26(39)40)8-10-33(22(28(43)44)14-25(37)38)11-9-32(18-27(41)42)16-20(13-21)29-19;33-21-2-3-22(34)32(21)5-1-4-28-25(39)16-10-17-14-30(19(26(40)41)12-23(35)36)6-8-44-9-7-31(15-18(11-16)29-17)20(27(42)43)13-24(37)38/h12-13,22H,2-11,14-18H2,1H3,(H,37,38)(H,39,40)(H,41,42)(H,43,44);10-11,19-20H,1-9,12-15H2,(H,28,39)(H,35,36)(H,37,38)(H,40,41)(H,42,43). The minimum absolute atomic E-state index is 0.0346. The Morgan fingerprint density at radius 2 is 0.886 bits per heavy atom. The van der Waals surface area contributed by atoms with E-state index in [1.807, 2.05) is 11.9 Å². The summed E-state index contributed by atoms with van der Waals surface area (Å²) in [6, 6.07) is 2.13. The van der Waals surface area contributed by atoms with Crippen LogP contribution >= 0.6 is 0 Å². The second-order valence-corrected chi connectivity index (χ2v) is 21.4. The predicted molar refractivity (Wildman–Crippen MR) is 300 cm³/mol. The molecule has 3 atom stereocenters. The topological polar surface area (TPSA) is 457 Å². The van der Waals surface area contributed by atoms with Gasteiger partial charge in [-0.15, -0.1) is 0 Å². The first kappa shape index (κ1) is 70.1. The van der Waals surface area contributed by atoms with Gasteiger partial charge in [0.1, 0.15) is 18.1 Å². The van der Waals surface area contributed by atoms with Gasteiger partial charge in [0.15, 0.2) is 0 Å². The fourth-order valence-electron chi connectivity index (χ4n) is 10.4. The maximum absolute atomic E-state index is 13.1. The first-order chi connectivity index (χ1) is 41.7. The summed E-state index contributed by atoms with van der Waals surface area (Å²) in [5.41, 5.74) is 2.28. The predicted octanol–water partition coefficient (Wildman–Crippen LogP) is -1.70. The molecule has 3 unspecified atom stereocenters. The van der Waals surface area contributed by atoms with Crippen LogP contribution in [0.25, 0.3) is 0 Å². The molecule has 4 bridgehead atoms. The zero-order valence-electron chi connectivity index (χ0n) is 48.6. The minimum Gasteiger partial charge on any atom is -0.481 e. The molecular weight excluding hydrogens is 1170 g/mol. The normalized spacial score (nSPS) is 18.1. The highest BCUT2D eigenvalue weighted by Gasteiger charge is 2.34. The van der Waals surface area contributed by atoms with Crippen molar-refractivity contribution in [3.05, 3.63) is 52.6 Å². The molecule has 0 radical (unpaired) electrons. The second kappa shape index (κ2) is 34.1. The fourth-order valence-corrected chi connectivity index (χ4v) is 10.4. The summed E-state index contributed by atoms with van der Waals surface area (Å²) in [5.74, 6) is -11.7. The van der Waals surface area contributed by atoms with Gasteiger partial charge in [0, 0.05) is 136 Å². The highest BCUT2D eigenvalue weighted by molar-refractivity contribution is 6.02. The third-order valence-corrected chi connectivity index (χ3v) is 14.8. The van der Waals surface area contributed by atoms with Crippen LogP contribution in [-0.4, -0.2) is 279 Å². The number of rotatable bonds is 27. The molecule has 5 amide bonds. The van der Waals surface area contributed by atoms with Gasteiger partial charge in [0.25, 0.3) is 5.91 Å². The zero-order valence-corrected chi connectivity index (χ0v) is 48.6. The molecule has 482 valence electrons. The first-order valence-corrected chi connectivity index (χ1v) is 28.3. The smallest absolute Gasteiger partial charge is 0.321 e. The quantitative estimate of drug-likeness (QED) is 0.0356. The van der Waals surface area contributed by atoms with Crippen LogP contribution in [0.1, 0.15) is 97.3 Å². The van der Waals surface area contributed by atoms with Gasteiger partial charge >= 0.3 is 47.8 Å². The molecule has 0 aliphatic carbocycles. The number of pyridine rings is 2. The average molecular weight is 1240 g/mol. The van der Waals surface area contributed by atoms with E-state index in [0.717, 1.165) is 10.6 Å². The van der Waals surface area contributed by atoms with Gasteiger partial charge in [0.05, 0.1) is 68.3 Å². The van der Waals surface area contributed by atoms with Crippen molar-refractivity contribution in [3.8, 4) is 0 Å². The largest absolute Gasteiger partial charge is 0.481 e. The Balaban J connectivity index is 0.000000321. The number of fused-ring (bicyclic) bond motifs is 4. The molecule has 4 aliphatic heterocycles. The van der Waals surface area contributed by atoms with E-state index in [1.165, 1.54) is 31.7 Å². The number of nitrogens with one attached hydrogen (secondary N) is 1. The summed E-state index contributed by atoms with van der Waals surface area (Å²) in [6.07, 6.45) is 0.306. The zero-order chi connectivity index (χ0) is 64.8. The molecule has 0 spiro atoms. The molecule has 2 saturated heterocycles. The molecule has 0 aromatic carbocycles. The number of aliphatic carboxylic acids is 8. The van der Waals surface area contributed by atoms with Crippen LogP contribution in [0.15, 0.2) is 24.3 Å². The van der Waals surface area contributed by atoms with Crippen LogP contribution in [0.5, 0.6) is 0 Å². The van der Waals surface area contributed by atoms with Crippen molar-refractivity contribution < 1.29 is 108 Å². The van der Waals surface area contributed by atoms with Crippen LogP contribution in [-0.2, 0) is 88.5 Å². The summed E-state index contributed by atoms with van der Waals surface area (Å²) in [4.78, 5) is 175. The lowest BCUT2D eigenvalue weighted by molar-refractivity contribution is -0.151. The van der Waals surface area contributed by atoms with Crippen molar-refractivity contribution in [2.45, 2.75) is 109 Å². The molecular formula is C55H75N11O22. The van der Waals surface area contributed by atoms with Crippen LogP contribution in [0, 0.1) is 0 Å². The fraction of sp³-hybridized carbons (Fsp3) is 0.582. The van der Waals surface area contributed by atoms with Crippen LogP contribution in [0.4, 0.5) is 5.69 Å². The Labute approximate surface area is 504 Å². The molecule has 2 aromatic rings. The van der Waals surface area contributed by atoms with Gasteiger partial charge in [0.2, 0.25) is 23.6 Å². The monoisotopic (exact) mass is 1240 g/mol. The molecule has 33 nitrogen and oxygen atoms in total. The average Bonchev–Trinajstić information content (AvgIpc) is 1.84. The van der Waals surface area contributed by atoms with E-state index in [4.69, 9.17) is 4.74 Å². The van der Waals surface area contributed by atoms with E-state index in [0.29, 0.717) is 43.7 Å². The van der Waals surface area contributed by atoms with Crippen LogP contribution in [0.2, 0.25) is 0 Å². The maximum atomic E-state index is 13.1.